The van der Waals surface area contributed by atoms with Gasteiger partial charge in [-0.15, -0.1) is 0 Å². The number of fused-ring (bicyclic) bond motifs is 1. The molecule has 56 valence electrons. The second-order valence-electron chi connectivity index (χ2n) is 2.56. The van der Waals surface area contributed by atoms with Crippen molar-refractivity contribution in [1.29, 1.82) is 0 Å². The Morgan fingerprint density at radius 3 is 2.82 bits per heavy atom. The Morgan fingerprint density at radius 2 is 2.09 bits per heavy atom. The average molecular weight is 148 g/mol. The highest BCUT2D eigenvalue weighted by Gasteiger charge is 2.05. The minimum absolute atomic E-state index is 0.781. The molecule has 3 nitrogen and oxygen atoms in total. The summed E-state index contributed by atoms with van der Waals surface area (Å²) in [6.45, 7) is 3.85. The summed E-state index contributed by atoms with van der Waals surface area (Å²) in [5.74, 6) is 0.781. The van der Waals surface area contributed by atoms with Crippen LogP contribution in [-0.2, 0) is 0 Å². The van der Waals surface area contributed by atoms with Gasteiger partial charge in [0.15, 0.2) is 5.76 Å². The van der Waals surface area contributed by atoms with Crippen molar-refractivity contribution in [1.82, 2.24) is 10.1 Å². The van der Waals surface area contributed by atoms with Crippen LogP contribution < -0.4 is 0 Å². The van der Waals surface area contributed by atoms with Gasteiger partial charge in [-0.2, -0.15) is 0 Å². The first-order valence-electron chi connectivity index (χ1n) is 3.46. The zero-order valence-corrected chi connectivity index (χ0v) is 6.46. The van der Waals surface area contributed by atoms with E-state index >= 15 is 0 Å². The van der Waals surface area contributed by atoms with E-state index in [1.807, 2.05) is 19.9 Å². The lowest BCUT2D eigenvalue weighted by atomic mass is 10.2. The first kappa shape index (κ1) is 6.34. The van der Waals surface area contributed by atoms with Crippen LogP contribution in [0.1, 0.15) is 11.3 Å². The zero-order chi connectivity index (χ0) is 7.84. The largest absolute Gasteiger partial charge is 0.359 e. The number of hydrogen-bond acceptors (Lipinski definition) is 3. The maximum absolute atomic E-state index is 4.98. The molecule has 0 unspecified atom stereocenters. The van der Waals surface area contributed by atoms with Gasteiger partial charge in [0.05, 0.1) is 0 Å². The molecule has 0 aliphatic heterocycles. The van der Waals surface area contributed by atoms with Gasteiger partial charge in [-0.3, -0.25) is 4.98 Å². The topological polar surface area (TPSA) is 38.9 Å². The van der Waals surface area contributed by atoms with Gasteiger partial charge in [0.25, 0.3) is 0 Å². The SMILES string of the molecule is Cc1ccnc2c(C)onc12. The average Bonchev–Trinajstić information content (AvgIpc) is 2.35. The molecule has 0 aliphatic rings. The van der Waals surface area contributed by atoms with Gasteiger partial charge in [-0.05, 0) is 25.5 Å². The van der Waals surface area contributed by atoms with Crippen molar-refractivity contribution in [3.8, 4) is 0 Å². The number of pyridine rings is 1. The number of nitrogens with zero attached hydrogens (tertiary/aromatic N) is 2. The summed E-state index contributed by atoms with van der Waals surface area (Å²) in [4.78, 5) is 4.15. The van der Waals surface area contributed by atoms with Gasteiger partial charge in [-0.25, -0.2) is 0 Å². The first-order chi connectivity index (χ1) is 5.29. The molecule has 2 heterocycles. The van der Waals surface area contributed by atoms with E-state index in [1.54, 1.807) is 6.20 Å². The van der Waals surface area contributed by atoms with Gasteiger partial charge in [0.2, 0.25) is 0 Å². The van der Waals surface area contributed by atoms with Crippen LogP contribution in [0.15, 0.2) is 16.8 Å². The molecule has 0 spiro atoms. The Labute approximate surface area is 64.0 Å². The van der Waals surface area contributed by atoms with Crippen LogP contribution in [0.4, 0.5) is 0 Å². The van der Waals surface area contributed by atoms with E-state index in [9.17, 15) is 0 Å². The third kappa shape index (κ3) is 0.808. The Bertz CT molecular complexity index is 392. The zero-order valence-electron chi connectivity index (χ0n) is 6.46. The standard InChI is InChI=1S/C8H8N2O/c1-5-3-4-9-8-6(2)11-10-7(5)8/h3-4H,1-2H3. The van der Waals surface area contributed by atoms with Gasteiger partial charge < -0.3 is 4.52 Å². The van der Waals surface area contributed by atoms with E-state index in [1.165, 1.54) is 0 Å². The molecule has 0 bridgehead atoms. The van der Waals surface area contributed by atoms with Crippen LogP contribution in [0.5, 0.6) is 0 Å². The molecular formula is C8H8N2O. The minimum Gasteiger partial charge on any atom is -0.359 e. The van der Waals surface area contributed by atoms with E-state index in [0.29, 0.717) is 0 Å². The molecule has 0 radical (unpaired) electrons. The fourth-order valence-electron chi connectivity index (χ4n) is 1.08. The van der Waals surface area contributed by atoms with Crippen molar-refractivity contribution in [3.05, 3.63) is 23.6 Å². The smallest absolute Gasteiger partial charge is 0.159 e. The minimum atomic E-state index is 0.781. The molecular weight excluding hydrogens is 140 g/mol. The maximum atomic E-state index is 4.98. The summed E-state index contributed by atoms with van der Waals surface area (Å²) >= 11 is 0. The molecule has 0 aromatic carbocycles. The van der Waals surface area contributed by atoms with Gasteiger partial charge in [0.1, 0.15) is 11.0 Å². The van der Waals surface area contributed by atoms with Crippen LogP contribution in [0.3, 0.4) is 0 Å². The summed E-state index contributed by atoms with van der Waals surface area (Å²) in [6, 6.07) is 1.92. The summed E-state index contributed by atoms with van der Waals surface area (Å²) in [7, 11) is 0. The second-order valence-corrected chi connectivity index (χ2v) is 2.56. The monoisotopic (exact) mass is 148 g/mol. The molecule has 0 aliphatic carbocycles. The lowest BCUT2D eigenvalue weighted by molar-refractivity contribution is 0.405. The van der Waals surface area contributed by atoms with Crippen molar-refractivity contribution in [3.63, 3.8) is 0 Å². The van der Waals surface area contributed by atoms with E-state index in [2.05, 4.69) is 10.1 Å². The number of aromatic nitrogens is 2. The number of aryl methyl sites for hydroxylation is 2. The Morgan fingerprint density at radius 1 is 1.27 bits per heavy atom. The molecule has 0 fully saturated rings. The predicted molar refractivity (Wildman–Crippen MR) is 41.3 cm³/mol. The molecule has 2 rings (SSSR count). The lowest BCUT2D eigenvalue weighted by Gasteiger charge is -1.89. The lowest BCUT2D eigenvalue weighted by Crippen LogP contribution is -1.79. The molecule has 3 heteroatoms. The molecule has 0 saturated heterocycles. The van der Waals surface area contributed by atoms with E-state index in [-0.39, 0.29) is 0 Å². The maximum Gasteiger partial charge on any atom is 0.159 e. The molecule has 0 atom stereocenters. The van der Waals surface area contributed by atoms with Crippen molar-refractivity contribution in [2.24, 2.45) is 0 Å². The normalized spacial score (nSPS) is 10.7. The van der Waals surface area contributed by atoms with Crippen LogP contribution in [-0.4, -0.2) is 10.1 Å². The highest BCUT2D eigenvalue weighted by atomic mass is 16.5. The van der Waals surface area contributed by atoms with Crippen LogP contribution in [0.2, 0.25) is 0 Å². The van der Waals surface area contributed by atoms with Gasteiger partial charge in [0, 0.05) is 6.20 Å². The van der Waals surface area contributed by atoms with E-state index < -0.39 is 0 Å². The van der Waals surface area contributed by atoms with E-state index in [0.717, 1.165) is 22.4 Å². The fourth-order valence-corrected chi connectivity index (χ4v) is 1.08. The Kier molecular flexibility index (Phi) is 1.18. The third-order valence-corrected chi connectivity index (χ3v) is 1.73. The van der Waals surface area contributed by atoms with Crippen molar-refractivity contribution < 1.29 is 4.52 Å². The third-order valence-electron chi connectivity index (χ3n) is 1.73. The summed E-state index contributed by atoms with van der Waals surface area (Å²) in [6.07, 6.45) is 1.77. The van der Waals surface area contributed by atoms with Crippen LogP contribution in [0.25, 0.3) is 11.0 Å². The fraction of sp³-hybridized carbons (Fsp3) is 0.250. The number of rotatable bonds is 0. The van der Waals surface area contributed by atoms with Crippen molar-refractivity contribution in [2.45, 2.75) is 13.8 Å². The predicted octanol–water partition coefficient (Wildman–Crippen LogP) is 1.84. The second kappa shape index (κ2) is 2.05. The summed E-state index contributed by atoms with van der Waals surface area (Å²) in [5.41, 5.74) is 2.84. The molecule has 0 N–H and O–H groups in total. The molecule has 0 amide bonds. The van der Waals surface area contributed by atoms with Gasteiger partial charge in [-0.1, -0.05) is 5.16 Å². The highest BCUT2D eigenvalue weighted by molar-refractivity contribution is 5.78. The molecule has 11 heavy (non-hydrogen) atoms. The van der Waals surface area contributed by atoms with Crippen LogP contribution in [0, 0.1) is 13.8 Å². The highest BCUT2D eigenvalue weighted by Crippen LogP contribution is 2.16. The summed E-state index contributed by atoms with van der Waals surface area (Å²) in [5, 5.41) is 3.88. The Hall–Kier alpha value is -1.38. The Balaban J connectivity index is 2.94. The molecule has 0 saturated carbocycles. The van der Waals surface area contributed by atoms with Crippen molar-refractivity contribution in [2.75, 3.05) is 0 Å². The first-order valence-corrected chi connectivity index (χ1v) is 3.46. The molecule has 2 aromatic heterocycles. The van der Waals surface area contributed by atoms with E-state index in [4.69, 9.17) is 4.52 Å². The summed E-state index contributed by atoms with van der Waals surface area (Å²) < 4.78 is 4.98. The molecule has 2 aromatic rings. The quantitative estimate of drug-likeness (QED) is 0.572. The van der Waals surface area contributed by atoms with Gasteiger partial charge >= 0.3 is 0 Å². The van der Waals surface area contributed by atoms with Crippen molar-refractivity contribution >= 4 is 11.0 Å². The van der Waals surface area contributed by atoms with Crippen LogP contribution >= 0.6 is 0 Å². The number of hydrogen-bond donors (Lipinski definition) is 0.